The van der Waals surface area contributed by atoms with Crippen LogP contribution in [0, 0.1) is 29.6 Å². The molecule has 15 heteroatoms. The number of rotatable bonds is 9. The number of Topliss-reactive ketones (excluding diaryl/α,β-unsaturated/α-hetero) is 2. The molecule has 1 saturated carbocycles. The Morgan fingerprint density at radius 1 is 0.905 bits per heavy atom. The standard InChI is InChI=1S/C48H73NO14/c1-10-13-33-21-27(2)20-28(3)22-40(58-8)43-41(59-9)24-30(5)48(56,63-43)44(52)45(53)49-18-12-11-14-34(49)46(54)62-42(31(6)35(50)26-36(33)51)29(4)23-32-15-16-37(39(25-32)57-7)61-38-17-19-60-47(38)55/h10,21,23,28,30-35,37-43,50,56H,1,11-20,22,24-26H2,2-9H3/b27-21+,29-23+/t28-,30+,31+,32-,33+,34-,35-,37+,38?,39+,40-,41-,42+,43?,48+/m0/s1. The number of ketones is 2. The van der Waals surface area contributed by atoms with Gasteiger partial charge in [-0.2, -0.15) is 0 Å². The van der Waals surface area contributed by atoms with Crippen LogP contribution >= 0.6 is 0 Å². The molecular weight excluding hydrogens is 815 g/mol. The number of cyclic esters (lactones) is 2. The lowest BCUT2D eigenvalue weighted by atomic mass is 9.81. The minimum Gasteiger partial charge on any atom is -0.464 e. The van der Waals surface area contributed by atoms with E-state index in [2.05, 4.69) is 6.58 Å². The predicted octanol–water partition coefficient (Wildman–Crippen LogP) is 4.98. The van der Waals surface area contributed by atoms with Gasteiger partial charge in [0.1, 0.15) is 24.0 Å². The van der Waals surface area contributed by atoms with Gasteiger partial charge >= 0.3 is 11.9 Å². The molecule has 4 heterocycles. The summed E-state index contributed by atoms with van der Waals surface area (Å²) < 4.78 is 41.4. The number of amides is 1. The van der Waals surface area contributed by atoms with Crippen molar-refractivity contribution in [2.75, 3.05) is 34.5 Å². The highest BCUT2D eigenvalue weighted by atomic mass is 16.7. The Morgan fingerprint density at radius 2 is 1.60 bits per heavy atom. The molecule has 2 unspecified atom stereocenters. The molecule has 0 aromatic carbocycles. The molecule has 2 bridgehead atoms. The summed E-state index contributed by atoms with van der Waals surface area (Å²) >= 11 is 0. The molecule has 5 aliphatic rings. The van der Waals surface area contributed by atoms with Crippen molar-refractivity contribution in [3.8, 4) is 0 Å². The molecule has 5 rings (SSSR count). The molecule has 2 N–H and O–H groups in total. The number of carbonyl (C=O) groups excluding carboxylic acids is 5. The monoisotopic (exact) mass is 888 g/mol. The van der Waals surface area contributed by atoms with Crippen LogP contribution in [0.3, 0.4) is 0 Å². The fraction of sp³-hybridized carbons (Fsp3) is 0.771. The van der Waals surface area contributed by atoms with Crippen LogP contribution < -0.4 is 0 Å². The summed E-state index contributed by atoms with van der Waals surface area (Å²) in [4.78, 5) is 70.5. The molecule has 15 atom stereocenters. The molecule has 4 fully saturated rings. The quantitative estimate of drug-likeness (QED) is 0.179. The second kappa shape index (κ2) is 22.7. The summed E-state index contributed by atoms with van der Waals surface area (Å²) in [5.74, 6) is -8.30. The third-order valence-corrected chi connectivity index (χ3v) is 14.1. The first kappa shape index (κ1) is 50.7. The van der Waals surface area contributed by atoms with Gasteiger partial charge in [0.25, 0.3) is 11.7 Å². The maximum Gasteiger partial charge on any atom is 0.335 e. The van der Waals surface area contributed by atoms with Gasteiger partial charge in [0.15, 0.2) is 6.10 Å². The topological polar surface area (TPSA) is 194 Å². The first-order valence-electron chi connectivity index (χ1n) is 23.0. The summed E-state index contributed by atoms with van der Waals surface area (Å²) in [5.41, 5.74) is 1.59. The Hall–Kier alpha value is -3.31. The first-order chi connectivity index (χ1) is 29.9. The van der Waals surface area contributed by atoms with Crippen molar-refractivity contribution in [2.24, 2.45) is 29.6 Å². The molecule has 4 aliphatic heterocycles. The number of hydrogen-bond acceptors (Lipinski definition) is 14. The molecule has 354 valence electrons. The van der Waals surface area contributed by atoms with Gasteiger partial charge in [-0.15, -0.1) is 6.58 Å². The Kier molecular flexibility index (Phi) is 18.3. The molecule has 1 amide bonds. The second-order valence-corrected chi connectivity index (χ2v) is 18.8. The fourth-order valence-electron chi connectivity index (χ4n) is 10.4. The number of aliphatic hydroxyl groups excluding tert-OH is 1. The summed E-state index contributed by atoms with van der Waals surface area (Å²) in [6.45, 7) is 13.4. The number of fused-ring (bicyclic) bond motifs is 3. The normalized spacial score (nSPS) is 40.5. The Bertz CT molecular complexity index is 1700. The number of allylic oxidation sites excluding steroid dienone is 4. The van der Waals surface area contributed by atoms with Gasteiger partial charge in [-0.1, -0.05) is 44.6 Å². The molecular formula is C48H73NO14. The number of piperidine rings is 1. The van der Waals surface area contributed by atoms with Crippen molar-refractivity contribution in [3.63, 3.8) is 0 Å². The van der Waals surface area contributed by atoms with E-state index in [0.717, 1.165) is 5.57 Å². The van der Waals surface area contributed by atoms with Crippen molar-refractivity contribution >= 4 is 29.4 Å². The zero-order chi connectivity index (χ0) is 46.2. The molecule has 0 radical (unpaired) electrons. The number of hydrogen-bond donors (Lipinski definition) is 2. The second-order valence-electron chi connectivity index (χ2n) is 18.8. The zero-order valence-electron chi connectivity index (χ0n) is 38.7. The third-order valence-electron chi connectivity index (χ3n) is 14.1. The summed E-state index contributed by atoms with van der Waals surface area (Å²) in [5, 5.41) is 23.9. The van der Waals surface area contributed by atoms with Crippen LogP contribution in [0.5, 0.6) is 0 Å². The first-order valence-corrected chi connectivity index (χ1v) is 23.0. The lowest BCUT2D eigenvalue weighted by Gasteiger charge is -2.47. The van der Waals surface area contributed by atoms with Gasteiger partial charge in [-0.3, -0.25) is 14.4 Å². The van der Waals surface area contributed by atoms with Crippen LogP contribution in [0.2, 0.25) is 0 Å². The van der Waals surface area contributed by atoms with Crippen LogP contribution in [-0.2, 0) is 57.1 Å². The number of methoxy groups -OCH3 is 3. The highest BCUT2D eigenvalue weighted by molar-refractivity contribution is 6.39. The van der Waals surface area contributed by atoms with Crippen molar-refractivity contribution < 1.29 is 67.3 Å². The smallest absolute Gasteiger partial charge is 0.335 e. The van der Waals surface area contributed by atoms with E-state index < -0.39 is 83.9 Å². The van der Waals surface area contributed by atoms with E-state index in [1.807, 2.05) is 32.9 Å². The Morgan fingerprint density at radius 3 is 2.25 bits per heavy atom. The van der Waals surface area contributed by atoms with E-state index in [0.29, 0.717) is 70.0 Å². The molecule has 63 heavy (non-hydrogen) atoms. The van der Waals surface area contributed by atoms with Gasteiger partial charge in [0, 0.05) is 58.5 Å². The highest BCUT2D eigenvalue weighted by Gasteiger charge is 2.56. The van der Waals surface area contributed by atoms with Gasteiger partial charge < -0.3 is 48.3 Å². The van der Waals surface area contributed by atoms with E-state index in [9.17, 15) is 34.2 Å². The third kappa shape index (κ3) is 12.1. The van der Waals surface area contributed by atoms with Gasteiger partial charge in [0.2, 0.25) is 5.79 Å². The average molecular weight is 888 g/mol. The molecule has 0 aromatic rings. The summed E-state index contributed by atoms with van der Waals surface area (Å²) in [7, 11) is 4.65. The zero-order valence-corrected chi connectivity index (χ0v) is 38.7. The summed E-state index contributed by atoms with van der Waals surface area (Å²) in [6.07, 6.45) is 5.01. The van der Waals surface area contributed by atoms with Crippen molar-refractivity contribution in [1.29, 1.82) is 0 Å². The van der Waals surface area contributed by atoms with Crippen molar-refractivity contribution in [2.45, 2.75) is 172 Å². The van der Waals surface area contributed by atoms with Crippen molar-refractivity contribution in [1.82, 2.24) is 4.90 Å². The van der Waals surface area contributed by atoms with Gasteiger partial charge in [0.05, 0.1) is 37.1 Å². The molecule has 0 spiro atoms. The number of nitrogens with zero attached hydrogens (tertiary/aromatic N) is 1. The largest absolute Gasteiger partial charge is 0.464 e. The van der Waals surface area contributed by atoms with E-state index in [1.54, 1.807) is 27.0 Å². The number of carbonyl (C=O) groups is 5. The summed E-state index contributed by atoms with van der Waals surface area (Å²) in [6, 6.07) is -1.17. The Labute approximate surface area is 373 Å². The SMILES string of the molecule is C=CC[C@@H]1/C=C(\C)C[C@H](C)C[C@H](OC)C2O[C@@](O)(C(=O)C(=O)N3CCCC[C@H]3C(=O)O[C@H](/C(C)=C/[C@@H]3CC[C@@H](OC4CCOC4=O)[C@H](OC)C3)[C@H](C)[C@@H](O)CC1=O)[C@H](C)C[C@@H]2OC. The minimum atomic E-state index is -2.53. The van der Waals surface area contributed by atoms with Crippen LogP contribution in [0.1, 0.15) is 112 Å². The lowest BCUT2D eigenvalue weighted by Crippen LogP contribution is -2.64. The molecule has 3 saturated heterocycles. The van der Waals surface area contributed by atoms with Crippen LogP contribution in [-0.4, -0.2) is 140 Å². The average Bonchev–Trinajstić information content (AvgIpc) is 3.67. The maximum atomic E-state index is 14.5. The molecule has 1 aliphatic carbocycles. The fourth-order valence-corrected chi connectivity index (χ4v) is 10.4. The van der Waals surface area contributed by atoms with Crippen LogP contribution in [0.25, 0.3) is 0 Å². The van der Waals surface area contributed by atoms with E-state index >= 15 is 0 Å². The van der Waals surface area contributed by atoms with Gasteiger partial charge in [-0.05, 0) is 95.5 Å². The lowest BCUT2D eigenvalue weighted by molar-refractivity contribution is -0.302. The van der Waals surface area contributed by atoms with E-state index in [1.165, 1.54) is 19.1 Å². The van der Waals surface area contributed by atoms with Crippen molar-refractivity contribution in [3.05, 3.63) is 36.0 Å². The number of esters is 2. The Balaban J connectivity index is 1.50. The highest BCUT2D eigenvalue weighted by Crippen LogP contribution is 2.39. The van der Waals surface area contributed by atoms with E-state index in [-0.39, 0.29) is 61.6 Å². The molecule has 15 nitrogen and oxygen atoms in total. The van der Waals surface area contributed by atoms with Crippen LogP contribution in [0.15, 0.2) is 36.0 Å². The van der Waals surface area contributed by atoms with E-state index in [4.69, 9.17) is 33.2 Å². The maximum absolute atomic E-state index is 14.5. The number of aliphatic hydroxyl groups is 2. The number of ether oxygens (including phenoxy) is 7. The van der Waals surface area contributed by atoms with Gasteiger partial charge in [-0.25, -0.2) is 9.59 Å². The molecule has 0 aromatic heterocycles. The van der Waals surface area contributed by atoms with Crippen LogP contribution in [0.4, 0.5) is 0 Å². The predicted molar refractivity (Wildman–Crippen MR) is 231 cm³/mol. The minimum absolute atomic E-state index is 0.00285.